The van der Waals surface area contributed by atoms with Gasteiger partial charge in [0.05, 0.1) is 6.54 Å². The summed E-state index contributed by atoms with van der Waals surface area (Å²) in [6.07, 6.45) is 3.21. The molecule has 1 heterocycles. The van der Waals surface area contributed by atoms with Gasteiger partial charge in [-0.1, -0.05) is 25.3 Å². The highest BCUT2D eigenvalue weighted by atomic mass is 32.2. The van der Waals surface area contributed by atoms with Crippen molar-refractivity contribution in [3.05, 3.63) is 17.5 Å². The molecule has 1 amide bonds. The minimum atomic E-state index is -3.74. The van der Waals surface area contributed by atoms with E-state index in [1.807, 2.05) is 0 Å². The molecular formula is C14H20N2O5S2. The van der Waals surface area contributed by atoms with Gasteiger partial charge in [0.1, 0.15) is 9.75 Å². The number of carbonyl (C=O) groups excluding carboxylic acids is 1. The fourth-order valence-electron chi connectivity index (χ4n) is 2.83. The van der Waals surface area contributed by atoms with E-state index in [1.54, 1.807) is 11.4 Å². The Bertz CT molecular complexity index is 663. The molecule has 1 aliphatic carbocycles. The third-order valence-corrected chi connectivity index (χ3v) is 7.07. The molecule has 1 aromatic heterocycles. The number of likely N-dealkylation sites (N-methyl/N-ethyl adjacent to an activating group) is 1. The molecule has 0 aromatic carbocycles. The van der Waals surface area contributed by atoms with Crippen molar-refractivity contribution in [1.29, 1.82) is 0 Å². The molecule has 9 heteroatoms. The lowest BCUT2D eigenvalue weighted by Crippen LogP contribution is -2.58. The Morgan fingerprint density at radius 2 is 2.00 bits per heavy atom. The zero-order chi connectivity index (χ0) is 17.1. The van der Waals surface area contributed by atoms with E-state index in [1.165, 1.54) is 18.0 Å². The molecule has 2 rings (SSSR count). The van der Waals surface area contributed by atoms with Crippen LogP contribution < -0.4 is 4.72 Å². The fraction of sp³-hybridized carbons (Fsp3) is 0.571. The zero-order valence-electron chi connectivity index (χ0n) is 12.8. The molecule has 0 radical (unpaired) electrons. The van der Waals surface area contributed by atoms with Crippen LogP contribution in [-0.2, 0) is 19.6 Å². The molecule has 0 spiro atoms. The van der Waals surface area contributed by atoms with Crippen LogP contribution in [-0.4, -0.2) is 49.4 Å². The Labute approximate surface area is 139 Å². The van der Waals surface area contributed by atoms with Crippen molar-refractivity contribution in [3.8, 4) is 0 Å². The van der Waals surface area contributed by atoms with Crippen molar-refractivity contribution in [2.45, 2.75) is 41.9 Å². The lowest BCUT2D eigenvalue weighted by Gasteiger charge is -2.41. The van der Waals surface area contributed by atoms with Gasteiger partial charge in [-0.2, -0.15) is 0 Å². The highest BCUT2D eigenvalue weighted by Gasteiger charge is 2.45. The van der Waals surface area contributed by atoms with Gasteiger partial charge < -0.3 is 10.0 Å². The van der Waals surface area contributed by atoms with Gasteiger partial charge in [0, 0.05) is 7.05 Å². The zero-order valence-corrected chi connectivity index (χ0v) is 14.5. The first-order valence-corrected chi connectivity index (χ1v) is 9.69. The summed E-state index contributed by atoms with van der Waals surface area (Å²) >= 11 is 1.05. The summed E-state index contributed by atoms with van der Waals surface area (Å²) < 4.78 is 26.4. The molecule has 7 nitrogen and oxygen atoms in total. The average molecular weight is 360 g/mol. The number of rotatable bonds is 6. The Hall–Kier alpha value is -1.45. The Balaban J connectivity index is 2.06. The maximum absolute atomic E-state index is 12.3. The predicted molar refractivity (Wildman–Crippen MR) is 85.7 cm³/mol. The van der Waals surface area contributed by atoms with Gasteiger partial charge in [0.2, 0.25) is 5.91 Å². The summed E-state index contributed by atoms with van der Waals surface area (Å²) in [5.74, 6) is -1.58. The number of carbonyl (C=O) groups is 2. The smallest absolute Gasteiger partial charge is 0.329 e. The first-order valence-electron chi connectivity index (χ1n) is 7.33. The second-order valence-corrected chi connectivity index (χ2v) is 8.55. The van der Waals surface area contributed by atoms with Crippen LogP contribution in [0.1, 0.15) is 32.1 Å². The maximum Gasteiger partial charge on any atom is 0.329 e. The van der Waals surface area contributed by atoms with E-state index in [0.29, 0.717) is 12.8 Å². The molecule has 23 heavy (non-hydrogen) atoms. The quantitative estimate of drug-likeness (QED) is 0.795. The van der Waals surface area contributed by atoms with Crippen LogP contribution >= 0.6 is 11.3 Å². The van der Waals surface area contributed by atoms with Gasteiger partial charge in [-0.25, -0.2) is 17.9 Å². The average Bonchev–Trinajstić information content (AvgIpc) is 3.07. The molecule has 1 aliphatic rings. The van der Waals surface area contributed by atoms with Gasteiger partial charge in [0.25, 0.3) is 10.0 Å². The normalized spacial score (nSPS) is 17.6. The maximum atomic E-state index is 12.3. The molecule has 0 aliphatic heterocycles. The third kappa shape index (κ3) is 3.73. The second-order valence-electron chi connectivity index (χ2n) is 5.61. The number of aliphatic carboxylic acids is 1. The third-order valence-electron chi connectivity index (χ3n) is 4.27. The van der Waals surface area contributed by atoms with Gasteiger partial charge in [-0.3, -0.25) is 4.79 Å². The molecule has 1 saturated carbocycles. The van der Waals surface area contributed by atoms with Gasteiger partial charge in [-0.15, -0.1) is 11.3 Å². The number of nitrogens with zero attached hydrogens (tertiary/aromatic N) is 1. The lowest BCUT2D eigenvalue weighted by atomic mass is 9.80. The monoisotopic (exact) mass is 360 g/mol. The summed E-state index contributed by atoms with van der Waals surface area (Å²) in [5, 5.41) is 11.2. The SMILES string of the molecule is CN(C(=O)CNS(=O)(=O)c1cccs1)C1(C(=O)O)CCCCC1. The number of thiophene rings is 1. The van der Waals surface area contributed by atoms with E-state index in [9.17, 15) is 23.1 Å². The first-order chi connectivity index (χ1) is 10.8. The Morgan fingerprint density at radius 1 is 1.35 bits per heavy atom. The summed E-state index contributed by atoms with van der Waals surface area (Å²) in [6.45, 7) is -0.453. The van der Waals surface area contributed by atoms with Crippen LogP contribution in [0.3, 0.4) is 0 Å². The molecule has 0 unspecified atom stereocenters. The van der Waals surface area contributed by atoms with Gasteiger partial charge in [0.15, 0.2) is 0 Å². The number of nitrogens with one attached hydrogen (secondary N) is 1. The topological polar surface area (TPSA) is 104 Å². The number of amides is 1. The number of hydrogen-bond acceptors (Lipinski definition) is 5. The molecular weight excluding hydrogens is 340 g/mol. The van der Waals surface area contributed by atoms with Crippen LogP contribution in [0.2, 0.25) is 0 Å². The van der Waals surface area contributed by atoms with E-state index in [2.05, 4.69) is 4.72 Å². The van der Waals surface area contributed by atoms with E-state index in [-0.39, 0.29) is 4.21 Å². The summed E-state index contributed by atoms with van der Waals surface area (Å²) in [5.41, 5.74) is -1.23. The van der Waals surface area contributed by atoms with Crippen molar-refractivity contribution >= 4 is 33.2 Å². The van der Waals surface area contributed by atoms with Crippen molar-refractivity contribution in [3.63, 3.8) is 0 Å². The van der Waals surface area contributed by atoms with Crippen molar-refractivity contribution in [2.24, 2.45) is 0 Å². The first kappa shape index (κ1) is 17.9. The van der Waals surface area contributed by atoms with E-state index < -0.39 is 34.0 Å². The molecule has 0 bridgehead atoms. The van der Waals surface area contributed by atoms with Crippen molar-refractivity contribution in [2.75, 3.05) is 13.6 Å². The van der Waals surface area contributed by atoms with E-state index in [0.717, 1.165) is 30.6 Å². The van der Waals surface area contributed by atoms with Crippen LogP contribution in [0.15, 0.2) is 21.7 Å². The highest BCUT2D eigenvalue weighted by molar-refractivity contribution is 7.91. The molecule has 1 fully saturated rings. The molecule has 1 aromatic rings. The number of hydrogen-bond donors (Lipinski definition) is 2. The van der Waals surface area contributed by atoms with Crippen molar-refractivity contribution < 1.29 is 23.1 Å². The van der Waals surface area contributed by atoms with Gasteiger partial charge in [-0.05, 0) is 24.3 Å². The Morgan fingerprint density at radius 3 is 2.52 bits per heavy atom. The summed E-state index contributed by atoms with van der Waals surface area (Å²) in [6, 6.07) is 3.05. The molecule has 0 atom stereocenters. The minimum Gasteiger partial charge on any atom is -0.479 e. The summed E-state index contributed by atoms with van der Waals surface area (Å²) in [7, 11) is -2.31. The number of sulfonamides is 1. The lowest BCUT2D eigenvalue weighted by molar-refractivity contribution is -0.159. The second kappa shape index (κ2) is 6.98. The molecule has 2 N–H and O–H groups in total. The van der Waals surface area contributed by atoms with Crippen LogP contribution in [0.4, 0.5) is 0 Å². The predicted octanol–water partition coefficient (Wildman–Crippen LogP) is 1.27. The summed E-state index contributed by atoms with van der Waals surface area (Å²) in [4.78, 5) is 25.2. The number of carboxylic acid groups (broad SMARTS) is 1. The molecule has 128 valence electrons. The van der Waals surface area contributed by atoms with E-state index >= 15 is 0 Å². The van der Waals surface area contributed by atoms with E-state index in [4.69, 9.17) is 0 Å². The van der Waals surface area contributed by atoms with Gasteiger partial charge >= 0.3 is 5.97 Å². The number of carboxylic acids is 1. The minimum absolute atomic E-state index is 0.124. The van der Waals surface area contributed by atoms with Crippen LogP contribution in [0.5, 0.6) is 0 Å². The van der Waals surface area contributed by atoms with Crippen LogP contribution in [0, 0.1) is 0 Å². The molecule has 0 saturated heterocycles. The fourth-order valence-corrected chi connectivity index (χ4v) is 4.84. The standard InChI is InChI=1S/C14H20N2O5S2/c1-16(14(13(18)19)7-3-2-4-8-14)11(17)10-15-23(20,21)12-6-5-9-22-12/h5-6,9,15H,2-4,7-8,10H2,1H3,(H,18,19). The van der Waals surface area contributed by atoms with Crippen molar-refractivity contribution in [1.82, 2.24) is 9.62 Å². The largest absolute Gasteiger partial charge is 0.479 e. The Kier molecular flexibility index (Phi) is 5.43. The highest BCUT2D eigenvalue weighted by Crippen LogP contribution is 2.33. The van der Waals surface area contributed by atoms with Crippen LogP contribution in [0.25, 0.3) is 0 Å².